The van der Waals surface area contributed by atoms with Gasteiger partial charge >= 0.3 is 5.97 Å². The normalized spacial score (nSPS) is 16.9. The zero-order valence-corrected chi connectivity index (χ0v) is 18.0. The smallest absolute Gasteiger partial charge is 0.337 e. The van der Waals surface area contributed by atoms with Gasteiger partial charge in [0.25, 0.3) is 5.91 Å². The van der Waals surface area contributed by atoms with E-state index in [2.05, 4.69) is 18.8 Å². The third kappa shape index (κ3) is 5.28. The van der Waals surface area contributed by atoms with Crippen LogP contribution in [0.25, 0.3) is 6.08 Å². The van der Waals surface area contributed by atoms with Gasteiger partial charge in [-0.2, -0.15) is 0 Å². The molecule has 0 atom stereocenters. The molecule has 0 saturated carbocycles. The fourth-order valence-corrected chi connectivity index (χ4v) is 3.86. The van der Waals surface area contributed by atoms with Crippen molar-refractivity contribution in [3.8, 4) is 0 Å². The third-order valence-electron chi connectivity index (χ3n) is 4.12. The average Bonchev–Trinajstić information content (AvgIpc) is 2.98. The number of methoxy groups -OCH3 is 1. The summed E-state index contributed by atoms with van der Waals surface area (Å²) in [6, 6.07) is 14.1. The van der Waals surface area contributed by atoms with Crippen molar-refractivity contribution in [1.29, 1.82) is 0 Å². The Morgan fingerprint density at radius 2 is 1.83 bits per heavy atom. The van der Waals surface area contributed by atoms with E-state index in [-0.39, 0.29) is 5.91 Å². The van der Waals surface area contributed by atoms with E-state index in [0.717, 1.165) is 11.3 Å². The van der Waals surface area contributed by atoms with Crippen molar-refractivity contribution in [2.24, 2.45) is 10.9 Å². The second-order valence-electron chi connectivity index (χ2n) is 6.90. The van der Waals surface area contributed by atoms with E-state index >= 15 is 0 Å². The van der Waals surface area contributed by atoms with E-state index in [9.17, 15) is 9.59 Å². The zero-order valence-electron chi connectivity index (χ0n) is 16.4. The fraction of sp³-hybridized carbons (Fsp3) is 0.227. The van der Waals surface area contributed by atoms with Crippen LogP contribution < -0.4 is 0 Å². The van der Waals surface area contributed by atoms with Gasteiger partial charge in [-0.05, 0) is 65.7 Å². The maximum Gasteiger partial charge on any atom is 0.337 e. The maximum absolute atomic E-state index is 13.0. The molecule has 0 N–H and O–H groups in total. The number of hydrogen-bond donors (Lipinski definition) is 0. The Morgan fingerprint density at radius 1 is 1.17 bits per heavy atom. The van der Waals surface area contributed by atoms with Crippen LogP contribution in [0.15, 0.2) is 58.4 Å². The van der Waals surface area contributed by atoms with Crippen molar-refractivity contribution >= 4 is 52.2 Å². The van der Waals surface area contributed by atoms with Crippen molar-refractivity contribution < 1.29 is 14.3 Å². The number of thioether (sulfide) groups is 1. The molecule has 0 aliphatic carbocycles. The molecule has 1 aliphatic heterocycles. The van der Waals surface area contributed by atoms with Crippen LogP contribution in [0.1, 0.15) is 29.8 Å². The van der Waals surface area contributed by atoms with Crippen LogP contribution in [0, 0.1) is 5.92 Å². The molecule has 3 rings (SSSR count). The Balaban J connectivity index is 1.90. The number of halogens is 1. The number of nitrogens with zero attached hydrogens (tertiary/aromatic N) is 2. The number of benzene rings is 2. The van der Waals surface area contributed by atoms with Gasteiger partial charge in [-0.15, -0.1) is 0 Å². The predicted octanol–water partition coefficient (Wildman–Crippen LogP) is 5.39. The summed E-state index contributed by atoms with van der Waals surface area (Å²) >= 11 is 7.29. The van der Waals surface area contributed by atoms with Gasteiger partial charge in [-0.25, -0.2) is 9.79 Å². The number of ether oxygens (including phenoxy) is 1. The lowest BCUT2D eigenvalue weighted by atomic mass is 10.1. The first-order chi connectivity index (χ1) is 13.9. The molecule has 2 aromatic carbocycles. The first kappa shape index (κ1) is 21.1. The molecule has 5 nitrogen and oxygen atoms in total. The highest BCUT2D eigenvalue weighted by Gasteiger charge is 2.33. The van der Waals surface area contributed by atoms with Gasteiger partial charge in [0.2, 0.25) is 0 Å². The van der Waals surface area contributed by atoms with Crippen LogP contribution in [-0.4, -0.2) is 35.6 Å². The van der Waals surface area contributed by atoms with Crippen molar-refractivity contribution in [3.63, 3.8) is 0 Å². The quantitative estimate of drug-likeness (QED) is 0.473. The molecule has 0 bridgehead atoms. The van der Waals surface area contributed by atoms with Crippen molar-refractivity contribution in [2.45, 2.75) is 13.8 Å². The first-order valence-electron chi connectivity index (χ1n) is 9.11. The van der Waals surface area contributed by atoms with Crippen LogP contribution >= 0.6 is 23.4 Å². The summed E-state index contributed by atoms with van der Waals surface area (Å²) in [5, 5.41) is 1.28. The van der Waals surface area contributed by atoms with E-state index in [1.165, 1.54) is 18.9 Å². The highest BCUT2D eigenvalue weighted by molar-refractivity contribution is 8.18. The lowest BCUT2D eigenvalue weighted by molar-refractivity contribution is -0.122. The molecule has 1 heterocycles. The van der Waals surface area contributed by atoms with Gasteiger partial charge in [-0.1, -0.05) is 37.6 Å². The molecule has 7 heteroatoms. The van der Waals surface area contributed by atoms with E-state index in [4.69, 9.17) is 16.3 Å². The van der Waals surface area contributed by atoms with E-state index in [1.807, 2.05) is 18.2 Å². The highest BCUT2D eigenvalue weighted by Crippen LogP contribution is 2.34. The van der Waals surface area contributed by atoms with Gasteiger partial charge in [0.05, 0.1) is 23.3 Å². The van der Waals surface area contributed by atoms with Gasteiger partial charge < -0.3 is 4.74 Å². The van der Waals surface area contributed by atoms with Crippen molar-refractivity contribution in [1.82, 2.24) is 4.90 Å². The standard InChI is InChI=1S/C22H21ClN2O3S/c1-14(2)13-25-20(26)19(12-15-4-6-16(7-5-15)21(27)28-3)29-22(25)24-18-10-8-17(23)9-11-18/h4-12,14H,13H2,1-3H3/b19-12-,24-22?. The number of amides is 1. The highest BCUT2D eigenvalue weighted by atomic mass is 35.5. The lowest BCUT2D eigenvalue weighted by Crippen LogP contribution is -2.32. The lowest BCUT2D eigenvalue weighted by Gasteiger charge is -2.17. The molecule has 29 heavy (non-hydrogen) atoms. The molecule has 1 amide bonds. The summed E-state index contributed by atoms with van der Waals surface area (Å²) < 4.78 is 4.71. The van der Waals surface area contributed by atoms with Crippen LogP contribution in [0.4, 0.5) is 5.69 Å². The number of carbonyl (C=O) groups excluding carboxylic acids is 2. The zero-order chi connectivity index (χ0) is 21.0. The van der Waals surface area contributed by atoms with E-state index in [1.54, 1.807) is 41.3 Å². The minimum absolute atomic E-state index is 0.0755. The van der Waals surface area contributed by atoms with Crippen molar-refractivity contribution in [3.05, 3.63) is 69.6 Å². The van der Waals surface area contributed by atoms with Gasteiger partial charge in [0.1, 0.15) is 0 Å². The SMILES string of the molecule is COC(=O)c1ccc(/C=C2\SC(=Nc3ccc(Cl)cc3)N(CC(C)C)C2=O)cc1. The number of amidine groups is 1. The van der Waals surface area contributed by atoms with Crippen LogP contribution in [0.2, 0.25) is 5.02 Å². The molecule has 0 spiro atoms. The number of esters is 1. The Bertz CT molecular complexity index is 967. The predicted molar refractivity (Wildman–Crippen MR) is 118 cm³/mol. The molecule has 0 aromatic heterocycles. The van der Waals surface area contributed by atoms with Gasteiger partial charge in [0.15, 0.2) is 5.17 Å². The third-order valence-corrected chi connectivity index (χ3v) is 5.38. The van der Waals surface area contributed by atoms with Crippen LogP contribution in [-0.2, 0) is 9.53 Å². The molecule has 0 unspecified atom stereocenters. The summed E-state index contributed by atoms with van der Waals surface area (Å²) in [6.45, 7) is 4.70. The topological polar surface area (TPSA) is 59.0 Å². The number of aliphatic imine (C=N–C) groups is 1. The molecular weight excluding hydrogens is 408 g/mol. The molecule has 1 saturated heterocycles. The summed E-state index contributed by atoms with van der Waals surface area (Å²) in [6.07, 6.45) is 1.81. The Labute approximate surface area is 179 Å². The monoisotopic (exact) mass is 428 g/mol. The van der Waals surface area contributed by atoms with Crippen LogP contribution in [0.3, 0.4) is 0 Å². The number of rotatable bonds is 5. The van der Waals surface area contributed by atoms with Crippen molar-refractivity contribution in [2.75, 3.05) is 13.7 Å². The second kappa shape index (κ2) is 9.29. The minimum atomic E-state index is -0.393. The molecule has 2 aromatic rings. The summed E-state index contributed by atoms with van der Waals surface area (Å²) in [4.78, 5) is 31.5. The van der Waals surface area contributed by atoms with E-state index in [0.29, 0.717) is 33.1 Å². The van der Waals surface area contributed by atoms with E-state index < -0.39 is 5.97 Å². The molecule has 1 aliphatic rings. The minimum Gasteiger partial charge on any atom is -0.465 e. The number of hydrogen-bond acceptors (Lipinski definition) is 5. The van der Waals surface area contributed by atoms with Gasteiger partial charge in [0, 0.05) is 11.6 Å². The number of carbonyl (C=O) groups is 2. The maximum atomic E-state index is 13.0. The summed E-state index contributed by atoms with van der Waals surface area (Å²) in [5.41, 5.74) is 2.03. The molecule has 1 fully saturated rings. The Hall–Kier alpha value is -2.57. The Morgan fingerprint density at radius 3 is 2.41 bits per heavy atom. The molecule has 150 valence electrons. The largest absolute Gasteiger partial charge is 0.465 e. The molecule has 0 radical (unpaired) electrons. The average molecular weight is 429 g/mol. The van der Waals surface area contributed by atoms with Crippen LogP contribution in [0.5, 0.6) is 0 Å². The second-order valence-corrected chi connectivity index (χ2v) is 8.35. The molecular formula is C22H21ClN2O3S. The fourth-order valence-electron chi connectivity index (χ4n) is 2.73. The Kier molecular flexibility index (Phi) is 6.77. The van der Waals surface area contributed by atoms with Gasteiger partial charge in [-0.3, -0.25) is 9.69 Å². The summed E-state index contributed by atoms with van der Waals surface area (Å²) in [7, 11) is 1.34. The first-order valence-corrected chi connectivity index (χ1v) is 10.3. The summed E-state index contributed by atoms with van der Waals surface area (Å²) in [5.74, 6) is -0.168.